The lowest BCUT2D eigenvalue weighted by molar-refractivity contribution is -0.146. The van der Waals surface area contributed by atoms with Gasteiger partial charge in [-0.2, -0.15) is 0 Å². The van der Waals surface area contributed by atoms with E-state index in [-0.39, 0.29) is 5.92 Å². The molecule has 3 N–H and O–H groups in total. The van der Waals surface area contributed by atoms with Crippen molar-refractivity contribution in [3.05, 3.63) is 29.3 Å². The van der Waals surface area contributed by atoms with Gasteiger partial charge in [0.15, 0.2) is 0 Å². The van der Waals surface area contributed by atoms with Gasteiger partial charge in [-0.1, -0.05) is 44.9 Å². The van der Waals surface area contributed by atoms with E-state index in [2.05, 4.69) is 0 Å². The Morgan fingerprint density at radius 3 is 2.50 bits per heavy atom. The molecular weight excluding hydrogens is 226 g/mol. The van der Waals surface area contributed by atoms with E-state index in [9.17, 15) is 9.90 Å². The first-order chi connectivity index (χ1) is 8.36. The highest BCUT2D eigenvalue weighted by atomic mass is 16.4. The summed E-state index contributed by atoms with van der Waals surface area (Å²) in [7, 11) is 0. The molecule has 0 spiro atoms. The van der Waals surface area contributed by atoms with Crippen molar-refractivity contribution in [2.75, 3.05) is 5.73 Å². The summed E-state index contributed by atoms with van der Waals surface area (Å²) in [5.41, 5.74) is 7.51. The minimum Gasteiger partial charge on any atom is -0.481 e. The van der Waals surface area contributed by atoms with Crippen LogP contribution in [0.2, 0.25) is 0 Å². The van der Waals surface area contributed by atoms with E-state index in [0.29, 0.717) is 12.1 Å². The van der Waals surface area contributed by atoms with E-state index in [4.69, 9.17) is 5.73 Å². The summed E-state index contributed by atoms with van der Waals surface area (Å²) >= 11 is 0. The standard InChI is InChI=1S/C15H23NO2/c1-5-8-15(10(2)3,14(17)18)12-9-11(4)6-7-13(12)16/h6-7,9-10H,5,8,16H2,1-4H3,(H,17,18). The summed E-state index contributed by atoms with van der Waals surface area (Å²) in [5.74, 6) is -0.782. The topological polar surface area (TPSA) is 63.3 Å². The van der Waals surface area contributed by atoms with Crippen LogP contribution in [-0.4, -0.2) is 11.1 Å². The van der Waals surface area contributed by atoms with Crippen molar-refractivity contribution in [3.63, 3.8) is 0 Å². The predicted molar refractivity (Wildman–Crippen MR) is 74.7 cm³/mol. The Balaban J connectivity index is 3.50. The molecule has 0 aliphatic rings. The molecule has 0 radical (unpaired) electrons. The number of carboxylic acids is 1. The number of anilines is 1. The Bertz CT molecular complexity index is 440. The van der Waals surface area contributed by atoms with Crippen molar-refractivity contribution in [3.8, 4) is 0 Å². The summed E-state index contributed by atoms with van der Waals surface area (Å²) < 4.78 is 0. The molecule has 3 heteroatoms. The number of rotatable bonds is 5. The zero-order valence-corrected chi connectivity index (χ0v) is 11.7. The molecule has 3 nitrogen and oxygen atoms in total. The molecule has 1 aromatic rings. The third kappa shape index (κ3) is 2.35. The first-order valence-electron chi connectivity index (χ1n) is 6.46. The van der Waals surface area contributed by atoms with Crippen LogP contribution in [0.3, 0.4) is 0 Å². The largest absolute Gasteiger partial charge is 0.481 e. The molecule has 0 aromatic heterocycles. The van der Waals surface area contributed by atoms with E-state index < -0.39 is 11.4 Å². The van der Waals surface area contributed by atoms with Crippen LogP contribution in [0, 0.1) is 12.8 Å². The average Bonchev–Trinajstić information content (AvgIpc) is 2.28. The van der Waals surface area contributed by atoms with Crippen molar-refractivity contribution < 1.29 is 9.90 Å². The van der Waals surface area contributed by atoms with Crippen LogP contribution < -0.4 is 5.73 Å². The van der Waals surface area contributed by atoms with E-state index >= 15 is 0 Å². The third-order valence-electron chi connectivity index (χ3n) is 3.70. The molecule has 0 fully saturated rings. The number of benzene rings is 1. The van der Waals surface area contributed by atoms with Gasteiger partial charge in [-0.3, -0.25) is 4.79 Å². The van der Waals surface area contributed by atoms with Gasteiger partial charge in [0, 0.05) is 5.69 Å². The molecule has 0 saturated heterocycles. The highest BCUT2D eigenvalue weighted by Gasteiger charge is 2.43. The predicted octanol–water partition coefficient (Wildman–Crippen LogP) is 3.36. The van der Waals surface area contributed by atoms with Crippen molar-refractivity contribution in [2.45, 2.75) is 46.0 Å². The molecule has 100 valence electrons. The maximum Gasteiger partial charge on any atom is 0.314 e. The molecule has 0 heterocycles. The summed E-state index contributed by atoms with van der Waals surface area (Å²) in [6.07, 6.45) is 1.42. The summed E-state index contributed by atoms with van der Waals surface area (Å²) in [6, 6.07) is 5.64. The SMILES string of the molecule is CCCC(C(=O)O)(c1cc(C)ccc1N)C(C)C. The number of nitrogens with two attached hydrogens (primary N) is 1. The van der Waals surface area contributed by atoms with Gasteiger partial charge in [0.2, 0.25) is 0 Å². The number of carboxylic acid groups (broad SMARTS) is 1. The van der Waals surface area contributed by atoms with Crippen molar-refractivity contribution in [2.24, 2.45) is 5.92 Å². The lowest BCUT2D eigenvalue weighted by atomic mass is 9.68. The number of nitrogen functional groups attached to an aromatic ring is 1. The third-order valence-corrected chi connectivity index (χ3v) is 3.70. The molecule has 1 unspecified atom stereocenters. The Morgan fingerprint density at radius 2 is 2.06 bits per heavy atom. The van der Waals surface area contributed by atoms with E-state index in [0.717, 1.165) is 17.5 Å². The Labute approximate surface area is 109 Å². The molecule has 0 saturated carbocycles. The molecule has 0 aliphatic carbocycles. The fourth-order valence-corrected chi connectivity index (χ4v) is 2.65. The lowest BCUT2D eigenvalue weighted by Gasteiger charge is -2.35. The van der Waals surface area contributed by atoms with Crippen LogP contribution in [0.15, 0.2) is 18.2 Å². The van der Waals surface area contributed by atoms with Crippen LogP contribution in [0.1, 0.15) is 44.7 Å². The molecular formula is C15H23NO2. The quantitative estimate of drug-likeness (QED) is 0.786. The minimum absolute atomic E-state index is 0.000880. The van der Waals surface area contributed by atoms with Gasteiger partial charge in [-0.25, -0.2) is 0 Å². The molecule has 0 aliphatic heterocycles. The van der Waals surface area contributed by atoms with Crippen LogP contribution in [0.25, 0.3) is 0 Å². The Morgan fingerprint density at radius 1 is 1.44 bits per heavy atom. The monoisotopic (exact) mass is 249 g/mol. The first-order valence-corrected chi connectivity index (χ1v) is 6.46. The summed E-state index contributed by atoms with van der Waals surface area (Å²) in [4.78, 5) is 11.9. The second-order valence-corrected chi connectivity index (χ2v) is 5.27. The minimum atomic E-state index is -0.884. The van der Waals surface area contributed by atoms with Crippen LogP contribution in [0.5, 0.6) is 0 Å². The van der Waals surface area contributed by atoms with Gasteiger partial charge in [-0.05, 0) is 30.9 Å². The maximum atomic E-state index is 11.9. The number of aliphatic carboxylic acids is 1. The zero-order valence-electron chi connectivity index (χ0n) is 11.7. The lowest BCUT2D eigenvalue weighted by Crippen LogP contribution is -2.41. The van der Waals surface area contributed by atoms with Gasteiger partial charge in [0.25, 0.3) is 0 Å². The van der Waals surface area contributed by atoms with Gasteiger partial charge < -0.3 is 10.8 Å². The Kier molecular flexibility index (Phi) is 4.38. The van der Waals surface area contributed by atoms with Gasteiger partial charge in [0.05, 0.1) is 5.41 Å². The molecule has 0 bridgehead atoms. The first kappa shape index (κ1) is 14.6. The summed E-state index contributed by atoms with van der Waals surface area (Å²) in [6.45, 7) is 7.87. The molecule has 1 atom stereocenters. The zero-order chi connectivity index (χ0) is 13.9. The second-order valence-electron chi connectivity index (χ2n) is 5.27. The van der Waals surface area contributed by atoms with Gasteiger partial charge in [-0.15, -0.1) is 0 Å². The number of carbonyl (C=O) groups is 1. The molecule has 1 aromatic carbocycles. The molecule has 0 amide bonds. The van der Waals surface area contributed by atoms with E-state index in [1.54, 1.807) is 6.07 Å². The Hall–Kier alpha value is -1.51. The number of aryl methyl sites for hydroxylation is 1. The highest BCUT2D eigenvalue weighted by Crippen LogP contribution is 2.40. The van der Waals surface area contributed by atoms with Crippen molar-refractivity contribution in [1.29, 1.82) is 0 Å². The number of hydrogen-bond donors (Lipinski definition) is 2. The molecule has 1 rings (SSSR count). The van der Waals surface area contributed by atoms with Gasteiger partial charge in [0.1, 0.15) is 0 Å². The van der Waals surface area contributed by atoms with E-state index in [1.165, 1.54) is 0 Å². The molecule has 18 heavy (non-hydrogen) atoms. The van der Waals surface area contributed by atoms with Crippen LogP contribution in [-0.2, 0) is 10.2 Å². The van der Waals surface area contributed by atoms with Crippen molar-refractivity contribution in [1.82, 2.24) is 0 Å². The van der Waals surface area contributed by atoms with Crippen LogP contribution in [0.4, 0.5) is 5.69 Å². The summed E-state index contributed by atoms with van der Waals surface area (Å²) in [5, 5.41) is 9.74. The van der Waals surface area contributed by atoms with Gasteiger partial charge >= 0.3 is 5.97 Å². The smallest absolute Gasteiger partial charge is 0.314 e. The van der Waals surface area contributed by atoms with Crippen LogP contribution >= 0.6 is 0 Å². The van der Waals surface area contributed by atoms with Crippen molar-refractivity contribution >= 4 is 11.7 Å². The van der Waals surface area contributed by atoms with E-state index in [1.807, 2.05) is 39.8 Å². The normalized spacial score (nSPS) is 14.5. The average molecular weight is 249 g/mol. The highest BCUT2D eigenvalue weighted by molar-refractivity contribution is 5.84. The fourth-order valence-electron chi connectivity index (χ4n) is 2.65. The fraction of sp³-hybridized carbons (Fsp3) is 0.533. The maximum absolute atomic E-state index is 11.9. The second kappa shape index (κ2) is 5.42. The number of hydrogen-bond acceptors (Lipinski definition) is 2.